The number of hydrogen-bond donors (Lipinski definition) is 1. The molecule has 10 heteroatoms. The average Bonchev–Trinajstić information content (AvgIpc) is 2.87. The average molecular weight is 637 g/mol. The number of carbonyl (C=O) groups excluding carboxylic acids is 2. The van der Waals surface area contributed by atoms with Crippen LogP contribution in [0.2, 0.25) is 0 Å². The lowest BCUT2D eigenvalue weighted by molar-refractivity contribution is -0.139. The van der Waals surface area contributed by atoms with E-state index in [1.54, 1.807) is 56.3 Å². The van der Waals surface area contributed by atoms with Crippen LogP contribution in [0.3, 0.4) is 0 Å². The summed E-state index contributed by atoms with van der Waals surface area (Å²) in [5.74, 6) is -0.820. The molecule has 0 bridgehead atoms. The zero-order chi connectivity index (χ0) is 26.3. The van der Waals surface area contributed by atoms with Crippen LogP contribution in [-0.4, -0.2) is 44.3 Å². The summed E-state index contributed by atoms with van der Waals surface area (Å²) in [6, 6.07) is 21.3. The van der Waals surface area contributed by atoms with Crippen LogP contribution in [0.4, 0.5) is 5.69 Å². The summed E-state index contributed by atoms with van der Waals surface area (Å²) in [5.41, 5.74) is 1.14. The second-order valence-electron chi connectivity index (χ2n) is 8.02. The Morgan fingerprint density at radius 2 is 1.58 bits per heavy atom. The van der Waals surface area contributed by atoms with Crippen LogP contribution < -0.4 is 9.62 Å². The summed E-state index contributed by atoms with van der Waals surface area (Å²) >= 11 is 6.78. The molecule has 0 aliphatic carbocycles. The standard InChI is InChI=1S/C26H27Br2N3O4S/c1-3-29-26(33)19(2)30(17-20-12-14-21(27)15-13-20)25(32)18-31(23-9-7-8-22(28)16-23)36(34,35)24-10-5-4-6-11-24/h4-16,19H,3,17-18H2,1-2H3,(H,29,33)/t19-/m1/s1. The number of carbonyl (C=O) groups is 2. The Balaban J connectivity index is 2.01. The SMILES string of the molecule is CCNC(=O)[C@@H](C)N(Cc1ccc(Br)cc1)C(=O)CN(c1cccc(Br)c1)S(=O)(=O)c1ccccc1. The monoisotopic (exact) mass is 635 g/mol. The van der Waals surface area contributed by atoms with Gasteiger partial charge in [0, 0.05) is 22.0 Å². The highest BCUT2D eigenvalue weighted by Gasteiger charge is 2.32. The van der Waals surface area contributed by atoms with Gasteiger partial charge in [-0.15, -0.1) is 0 Å². The van der Waals surface area contributed by atoms with Crippen LogP contribution in [0.1, 0.15) is 19.4 Å². The van der Waals surface area contributed by atoms with E-state index in [-0.39, 0.29) is 17.3 Å². The van der Waals surface area contributed by atoms with Gasteiger partial charge in [0.1, 0.15) is 12.6 Å². The zero-order valence-electron chi connectivity index (χ0n) is 19.9. The molecule has 1 atom stereocenters. The number of halogens is 2. The van der Waals surface area contributed by atoms with Crippen molar-refractivity contribution in [3.05, 3.63) is 93.4 Å². The Morgan fingerprint density at radius 3 is 2.19 bits per heavy atom. The molecule has 7 nitrogen and oxygen atoms in total. The second-order valence-corrected chi connectivity index (χ2v) is 11.7. The van der Waals surface area contributed by atoms with Gasteiger partial charge in [-0.3, -0.25) is 13.9 Å². The summed E-state index contributed by atoms with van der Waals surface area (Å²) < 4.78 is 30.0. The molecule has 0 heterocycles. The number of sulfonamides is 1. The van der Waals surface area contributed by atoms with E-state index in [0.29, 0.717) is 16.7 Å². The lowest BCUT2D eigenvalue weighted by Gasteiger charge is -2.32. The molecule has 0 radical (unpaired) electrons. The molecule has 1 N–H and O–H groups in total. The van der Waals surface area contributed by atoms with Gasteiger partial charge in [0.15, 0.2) is 0 Å². The predicted molar refractivity (Wildman–Crippen MR) is 148 cm³/mol. The van der Waals surface area contributed by atoms with Crippen molar-refractivity contribution in [3.63, 3.8) is 0 Å². The van der Waals surface area contributed by atoms with E-state index in [0.717, 1.165) is 14.3 Å². The summed E-state index contributed by atoms with van der Waals surface area (Å²) in [7, 11) is -4.08. The van der Waals surface area contributed by atoms with Gasteiger partial charge < -0.3 is 10.2 Å². The van der Waals surface area contributed by atoms with Gasteiger partial charge in [-0.05, 0) is 61.9 Å². The minimum absolute atomic E-state index is 0.0639. The number of anilines is 1. The molecule has 0 saturated carbocycles. The van der Waals surface area contributed by atoms with E-state index in [2.05, 4.69) is 37.2 Å². The molecule has 3 rings (SSSR count). The van der Waals surface area contributed by atoms with E-state index in [1.807, 2.05) is 24.3 Å². The normalized spacial score (nSPS) is 12.0. The van der Waals surface area contributed by atoms with Gasteiger partial charge >= 0.3 is 0 Å². The van der Waals surface area contributed by atoms with Gasteiger partial charge in [0.05, 0.1) is 10.6 Å². The largest absolute Gasteiger partial charge is 0.355 e. The van der Waals surface area contributed by atoms with Gasteiger partial charge in [-0.25, -0.2) is 8.42 Å². The highest BCUT2D eigenvalue weighted by molar-refractivity contribution is 9.10. The summed E-state index contributed by atoms with van der Waals surface area (Å²) in [6.07, 6.45) is 0. The molecule has 0 spiro atoms. The quantitative estimate of drug-likeness (QED) is 0.341. The summed E-state index contributed by atoms with van der Waals surface area (Å²) in [5, 5.41) is 2.75. The van der Waals surface area contributed by atoms with Crippen molar-refractivity contribution in [2.45, 2.75) is 31.3 Å². The highest BCUT2D eigenvalue weighted by Crippen LogP contribution is 2.27. The van der Waals surface area contributed by atoms with Gasteiger partial charge in [0.25, 0.3) is 10.0 Å². The topological polar surface area (TPSA) is 86.8 Å². The minimum Gasteiger partial charge on any atom is -0.355 e. The highest BCUT2D eigenvalue weighted by atomic mass is 79.9. The van der Waals surface area contributed by atoms with Crippen molar-refractivity contribution in [2.75, 3.05) is 17.4 Å². The third-order valence-electron chi connectivity index (χ3n) is 5.49. The molecule has 3 aromatic carbocycles. The van der Waals surface area contributed by atoms with Crippen molar-refractivity contribution in [1.82, 2.24) is 10.2 Å². The minimum atomic E-state index is -4.08. The predicted octanol–water partition coefficient (Wildman–Crippen LogP) is 4.96. The van der Waals surface area contributed by atoms with Crippen molar-refractivity contribution >= 4 is 59.4 Å². The van der Waals surface area contributed by atoms with Crippen molar-refractivity contribution < 1.29 is 18.0 Å². The fraction of sp³-hybridized carbons (Fsp3) is 0.231. The summed E-state index contributed by atoms with van der Waals surface area (Å²) in [4.78, 5) is 27.9. The van der Waals surface area contributed by atoms with Gasteiger partial charge in [-0.1, -0.05) is 68.3 Å². The maximum atomic E-state index is 13.7. The number of amides is 2. The van der Waals surface area contributed by atoms with Gasteiger partial charge in [0.2, 0.25) is 11.8 Å². The Hall–Kier alpha value is -2.69. The molecular formula is C26H27Br2N3O4S. The van der Waals surface area contributed by atoms with Crippen molar-refractivity contribution in [1.29, 1.82) is 0 Å². The lowest BCUT2D eigenvalue weighted by atomic mass is 10.1. The molecule has 190 valence electrons. The second kappa shape index (κ2) is 12.5. The molecule has 36 heavy (non-hydrogen) atoms. The number of rotatable bonds is 10. The first-order valence-corrected chi connectivity index (χ1v) is 14.3. The number of likely N-dealkylation sites (N-methyl/N-ethyl adjacent to an activating group) is 1. The number of nitrogens with one attached hydrogen (secondary N) is 1. The first-order chi connectivity index (χ1) is 17.1. The lowest BCUT2D eigenvalue weighted by Crippen LogP contribution is -2.51. The molecule has 0 aromatic heterocycles. The molecule has 3 aromatic rings. The van der Waals surface area contributed by atoms with Crippen LogP contribution >= 0.6 is 31.9 Å². The number of nitrogens with zero attached hydrogens (tertiary/aromatic N) is 2. The molecule has 0 saturated heterocycles. The third kappa shape index (κ3) is 6.96. The fourth-order valence-electron chi connectivity index (χ4n) is 3.57. The maximum Gasteiger partial charge on any atom is 0.264 e. The number of hydrogen-bond acceptors (Lipinski definition) is 4. The van der Waals surface area contributed by atoms with Crippen LogP contribution in [0.25, 0.3) is 0 Å². The van der Waals surface area contributed by atoms with Crippen LogP contribution in [0.5, 0.6) is 0 Å². The molecule has 0 aliphatic heterocycles. The molecule has 0 fully saturated rings. The smallest absolute Gasteiger partial charge is 0.264 e. The fourth-order valence-corrected chi connectivity index (χ4v) is 5.65. The summed E-state index contributed by atoms with van der Waals surface area (Å²) in [6.45, 7) is 3.51. The van der Waals surface area contributed by atoms with Crippen LogP contribution in [-0.2, 0) is 26.2 Å². The number of benzene rings is 3. The third-order valence-corrected chi connectivity index (χ3v) is 8.30. The Kier molecular flexibility index (Phi) is 9.69. The van der Waals surface area contributed by atoms with Crippen LogP contribution in [0.15, 0.2) is 92.7 Å². The molecule has 0 unspecified atom stereocenters. The molecule has 0 aliphatic rings. The van der Waals surface area contributed by atoms with E-state index in [4.69, 9.17) is 0 Å². The van der Waals surface area contributed by atoms with Gasteiger partial charge in [-0.2, -0.15) is 0 Å². The first-order valence-electron chi connectivity index (χ1n) is 11.3. The molecule has 2 amide bonds. The maximum absolute atomic E-state index is 13.7. The first kappa shape index (κ1) is 27.9. The van der Waals surface area contributed by atoms with E-state index < -0.39 is 28.5 Å². The Labute approximate surface area is 228 Å². The van der Waals surface area contributed by atoms with E-state index in [1.165, 1.54) is 17.0 Å². The zero-order valence-corrected chi connectivity index (χ0v) is 23.9. The van der Waals surface area contributed by atoms with Crippen LogP contribution in [0, 0.1) is 0 Å². The Morgan fingerprint density at radius 1 is 0.917 bits per heavy atom. The molecular weight excluding hydrogens is 610 g/mol. The van der Waals surface area contributed by atoms with E-state index >= 15 is 0 Å². The Bertz CT molecular complexity index is 1300. The van der Waals surface area contributed by atoms with Crippen molar-refractivity contribution in [2.24, 2.45) is 0 Å². The van der Waals surface area contributed by atoms with Crippen molar-refractivity contribution in [3.8, 4) is 0 Å². The van der Waals surface area contributed by atoms with E-state index in [9.17, 15) is 18.0 Å².